The summed E-state index contributed by atoms with van der Waals surface area (Å²) >= 11 is 8.90. The highest BCUT2D eigenvalue weighted by Gasteiger charge is 2.17. The molecule has 0 aromatic heterocycles. The molecule has 0 aliphatic heterocycles. The zero-order valence-electron chi connectivity index (χ0n) is 9.62. The van der Waals surface area contributed by atoms with Crippen molar-refractivity contribution in [3.8, 4) is 5.75 Å². The van der Waals surface area contributed by atoms with Gasteiger partial charge in [-0.05, 0) is 24.6 Å². The molecule has 94 valence electrons. The molecule has 0 unspecified atom stereocenters. The van der Waals surface area contributed by atoms with Crippen LogP contribution in [0.2, 0.25) is 0 Å². The normalized spacial score (nSPS) is 10.3. The maximum Gasteiger partial charge on any atom is 0.257 e. The number of carbonyl (C=O) groups is 1. The molecule has 0 saturated heterocycles. The van der Waals surface area contributed by atoms with E-state index in [1.54, 1.807) is 17.0 Å². The minimum absolute atomic E-state index is 0.0138. The molecule has 1 aromatic rings. The second kappa shape index (κ2) is 6.87. The van der Waals surface area contributed by atoms with Gasteiger partial charge in [0.1, 0.15) is 5.75 Å². The van der Waals surface area contributed by atoms with Crippen molar-refractivity contribution in [1.82, 2.24) is 4.90 Å². The molecule has 0 heterocycles. The van der Waals surface area contributed by atoms with Crippen LogP contribution in [0.15, 0.2) is 22.7 Å². The van der Waals surface area contributed by atoms with Gasteiger partial charge in [0, 0.05) is 23.4 Å². The van der Waals surface area contributed by atoms with Gasteiger partial charge in [-0.25, -0.2) is 0 Å². The van der Waals surface area contributed by atoms with Gasteiger partial charge in [0.25, 0.3) is 5.91 Å². The van der Waals surface area contributed by atoms with Gasteiger partial charge in [0.15, 0.2) is 0 Å². The quantitative estimate of drug-likeness (QED) is 0.846. The van der Waals surface area contributed by atoms with Crippen LogP contribution in [0.1, 0.15) is 23.7 Å². The first-order valence-electron chi connectivity index (χ1n) is 5.44. The Hall–Kier alpha value is -0.740. The maximum atomic E-state index is 12.1. The Kier molecular flexibility index (Phi) is 5.78. The standard InChI is InChI=1S/C12H15BrClNO2/c1-2-6-15(7-5-14)12(17)10-4-3-9(13)8-11(10)16/h3-4,8,16H,2,5-7H2,1H3. The summed E-state index contributed by atoms with van der Waals surface area (Å²) < 4.78 is 0.742. The lowest BCUT2D eigenvalue weighted by molar-refractivity contribution is 0.0762. The predicted octanol–water partition coefficient (Wildman–Crippen LogP) is 3.25. The zero-order chi connectivity index (χ0) is 12.8. The Balaban J connectivity index is 2.92. The lowest BCUT2D eigenvalue weighted by Gasteiger charge is -2.21. The topological polar surface area (TPSA) is 40.5 Å². The third kappa shape index (κ3) is 3.89. The SMILES string of the molecule is CCCN(CCCl)C(=O)c1ccc(Br)cc1O. The average molecular weight is 321 g/mol. The van der Waals surface area contributed by atoms with E-state index in [9.17, 15) is 9.90 Å². The number of rotatable bonds is 5. The Bertz CT molecular complexity index is 392. The van der Waals surface area contributed by atoms with E-state index >= 15 is 0 Å². The minimum atomic E-state index is -0.183. The number of carbonyl (C=O) groups excluding carboxylic acids is 1. The van der Waals surface area contributed by atoms with Gasteiger partial charge in [0.2, 0.25) is 0 Å². The number of hydrogen-bond acceptors (Lipinski definition) is 2. The van der Waals surface area contributed by atoms with Crippen LogP contribution < -0.4 is 0 Å². The fourth-order valence-corrected chi connectivity index (χ4v) is 2.10. The summed E-state index contributed by atoms with van der Waals surface area (Å²) in [4.78, 5) is 13.8. The van der Waals surface area contributed by atoms with Crippen LogP contribution in [0, 0.1) is 0 Å². The average Bonchev–Trinajstić information content (AvgIpc) is 2.28. The molecule has 0 radical (unpaired) electrons. The molecule has 1 N–H and O–H groups in total. The van der Waals surface area contributed by atoms with E-state index in [-0.39, 0.29) is 11.7 Å². The molecule has 0 spiro atoms. The molecule has 0 fully saturated rings. The van der Waals surface area contributed by atoms with E-state index in [1.807, 2.05) is 6.92 Å². The van der Waals surface area contributed by atoms with E-state index in [2.05, 4.69) is 15.9 Å². The summed E-state index contributed by atoms with van der Waals surface area (Å²) in [6.45, 7) is 3.13. The summed E-state index contributed by atoms with van der Waals surface area (Å²) in [5, 5.41) is 9.74. The van der Waals surface area contributed by atoms with Crippen molar-refractivity contribution in [2.45, 2.75) is 13.3 Å². The van der Waals surface area contributed by atoms with Gasteiger partial charge >= 0.3 is 0 Å². The van der Waals surface area contributed by atoms with Crippen molar-refractivity contribution < 1.29 is 9.90 Å². The summed E-state index contributed by atoms with van der Waals surface area (Å²) in [7, 11) is 0. The second-order valence-electron chi connectivity index (χ2n) is 3.64. The molecule has 17 heavy (non-hydrogen) atoms. The van der Waals surface area contributed by atoms with Gasteiger partial charge < -0.3 is 10.0 Å². The Morgan fingerprint density at radius 1 is 1.47 bits per heavy atom. The monoisotopic (exact) mass is 319 g/mol. The first kappa shape index (κ1) is 14.3. The van der Waals surface area contributed by atoms with Crippen molar-refractivity contribution in [3.63, 3.8) is 0 Å². The second-order valence-corrected chi connectivity index (χ2v) is 4.94. The Morgan fingerprint density at radius 3 is 2.71 bits per heavy atom. The highest BCUT2D eigenvalue weighted by molar-refractivity contribution is 9.10. The van der Waals surface area contributed by atoms with E-state index in [0.717, 1.165) is 10.9 Å². The van der Waals surface area contributed by atoms with Gasteiger partial charge in [-0.15, -0.1) is 11.6 Å². The molecule has 1 aromatic carbocycles. The van der Waals surface area contributed by atoms with Gasteiger partial charge in [-0.1, -0.05) is 22.9 Å². The molecule has 0 bridgehead atoms. The number of hydrogen-bond donors (Lipinski definition) is 1. The molecule has 0 saturated carbocycles. The smallest absolute Gasteiger partial charge is 0.257 e. The van der Waals surface area contributed by atoms with Crippen LogP contribution in [-0.4, -0.2) is 34.9 Å². The molecular weight excluding hydrogens is 305 g/mol. The number of phenolic OH excluding ortho intramolecular Hbond substituents is 1. The molecule has 0 atom stereocenters. The largest absolute Gasteiger partial charge is 0.507 e. The molecular formula is C12H15BrClNO2. The lowest BCUT2D eigenvalue weighted by atomic mass is 10.1. The summed E-state index contributed by atoms with van der Waals surface area (Å²) in [5.41, 5.74) is 0.312. The van der Waals surface area contributed by atoms with Crippen LogP contribution in [0.5, 0.6) is 5.75 Å². The molecule has 5 heteroatoms. The summed E-state index contributed by atoms with van der Waals surface area (Å²) in [6, 6.07) is 4.86. The van der Waals surface area contributed by atoms with Crippen LogP contribution >= 0.6 is 27.5 Å². The van der Waals surface area contributed by atoms with Crippen molar-refractivity contribution in [3.05, 3.63) is 28.2 Å². The molecule has 0 aliphatic carbocycles. The maximum absolute atomic E-state index is 12.1. The van der Waals surface area contributed by atoms with Crippen LogP contribution in [0.25, 0.3) is 0 Å². The number of nitrogens with zero attached hydrogens (tertiary/aromatic N) is 1. The van der Waals surface area contributed by atoms with Gasteiger partial charge in [0.05, 0.1) is 5.56 Å². The van der Waals surface area contributed by atoms with Crippen molar-refractivity contribution in [2.24, 2.45) is 0 Å². The van der Waals surface area contributed by atoms with E-state index in [1.165, 1.54) is 6.07 Å². The first-order valence-corrected chi connectivity index (χ1v) is 6.76. The van der Waals surface area contributed by atoms with Crippen LogP contribution in [0.3, 0.4) is 0 Å². The zero-order valence-corrected chi connectivity index (χ0v) is 12.0. The van der Waals surface area contributed by atoms with E-state index < -0.39 is 0 Å². The predicted molar refractivity (Wildman–Crippen MR) is 72.7 cm³/mol. The lowest BCUT2D eigenvalue weighted by Crippen LogP contribution is -2.33. The van der Waals surface area contributed by atoms with Crippen molar-refractivity contribution in [2.75, 3.05) is 19.0 Å². The van der Waals surface area contributed by atoms with Crippen molar-refractivity contribution in [1.29, 1.82) is 0 Å². The fourth-order valence-electron chi connectivity index (χ4n) is 1.54. The Morgan fingerprint density at radius 2 is 2.18 bits per heavy atom. The highest BCUT2D eigenvalue weighted by Crippen LogP contribution is 2.23. The van der Waals surface area contributed by atoms with Crippen LogP contribution in [-0.2, 0) is 0 Å². The number of halogens is 2. The first-order chi connectivity index (χ1) is 8.10. The van der Waals surface area contributed by atoms with Crippen LogP contribution in [0.4, 0.5) is 0 Å². The Labute approximate surface area is 115 Å². The van der Waals surface area contributed by atoms with E-state index in [0.29, 0.717) is 24.5 Å². The highest BCUT2D eigenvalue weighted by atomic mass is 79.9. The summed E-state index contributed by atoms with van der Waals surface area (Å²) in [5.74, 6) is 0.195. The fraction of sp³-hybridized carbons (Fsp3) is 0.417. The number of phenols is 1. The third-order valence-corrected chi connectivity index (χ3v) is 2.99. The number of alkyl halides is 1. The number of benzene rings is 1. The van der Waals surface area contributed by atoms with E-state index in [4.69, 9.17) is 11.6 Å². The molecule has 0 aliphatic rings. The third-order valence-electron chi connectivity index (χ3n) is 2.33. The van der Waals surface area contributed by atoms with Gasteiger partial charge in [-0.2, -0.15) is 0 Å². The van der Waals surface area contributed by atoms with Gasteiger partial charge in [-0.3, -0.25) is 4.79 Å². The number of aromatic hydroxyl groups is 1. The number of amides is 1. The molecule has 3 nitrogen and oxygen atoms in total. The molecule has 1 rings (SSSR count). The molecule has 1 amide bonds. The summed E-state index contributed by atoms with van der Waals surface area (Å²) in [6.07, 6.45) is 0.861. The minimum Gasteiger partial charge on any atom is -0.507 e. The van der Waals surface area contributed by atoms with Crippen molar-refractivity contribution >= 4 is 33.4 Å².